The summed E-state index contributed by atoms with van der Waals surface area (Å²) in [7, 11) is 0. The van der Waals surface area contributed by atoms with Gasteiger partial charge in [-0.25, -0.2) is 13.9 Å². The summed E-state index contributed by atoms with van der Waals surface area (Å²) in [6.07, 6.45) is 0. The second-order valence-electron chi connectivity index (χ2n) is 4.62. The second-order valence-corrected chi connectivity index (χ2v) is 5.47. The van der Waals surface area contributed by atoms with Gasteiger partial charge in [0.1, 0.15) is 5.82 Å². The van der Waals surface area contributed by atoms with E-state index in [1.54, 1.807) is 0 Å². The molecule has 3 rings (SSSR count). The van der Waals surface area contributed by atoms with Crippen LogP contribution in [0.4, 0.5) is 4.39 Å². The Morgan fingerprint density at radius 1 is 1.22 bits per heavy atom. The van der Waals surface area contributed by atoms with Crippen molar-refractivity contribution in [2.45, 2.75) is 0 Å². The maximum atomic E-state index is 14.1. The van der Waals surface area contributed by atoms with E-state index in [0.29, 0.717) is 5.02 Å². The highest BCUT2D eigenvalue weighted by Crippen LogP contribution is 2.26. The number of aromatic carboxylic acids is 1. The zero-order valence-electron chi connectivity index (χ0n) is 11.3. The van der Waals surface area contributed by atoms with E-state index >= 15 is 0 Å². The van der Waals surface area contributed by atoms with Crippen LogP contribution in [-0.2, 0) is 0 Å². The van der Waals surface area contributed by atoms with E-state index in [-0.39, 0.29) is 21.6 Å². The Morgan fingerprint density at radius 3 is 2.61 bits per heavy atom. The molecule has 1 aromatic heterocycles. The van der Waals surface area contributed by atoms with E-state index in [4.69, 9.17) is 28.3 Å². The number of nitrogens with zero attached hydrogens (tertiary/aromatic N) is 2. The van der Waals surface area contributed by atoms with Crippen LogP contribution in [0, 0.1) is 5.82 Å². The van der Waals surface area contributed by atoms with Crippen LogP contribution >= 0.6 is 23.2 Å². The average Bonchev–Trinajstić information content (AvgIpc) is 2.48. The minimum atomic E-state index is -1.56. The molecule has 116 valence electrons. The molecule has 0 bridgehead atoms. The number of hydrogen-bond donors (Lipinski definition) is 1. The van der Waals surface area contributed by atoms with Crippen molar-refractivity contribution >= 4 is 40.1 Å². The van der Waals surface area contributed by atoms with Crippen molar-refractivity contribution in [2.24, 2.45) is 0 Å². The molecule has 8 heteroatoms. The SMILES string of the molecule is O=C(O)c1nn(-c2ccc(Cl)cc2Cl)c2cccc(F)c2c1=O. The fourth-order valence-electron chi connectivity index (χ4n) is 2.21. The lowest BCUT2D eigenvalue weighted by Gasteiger charge is -2.12. The second kappa shape index (κ2) is 5.64. The molecule has 5 nitrogen and oxygen atoms in total. The standard InChI is InChI=1S/C15H7Cl2FN2O3/c16-7-4-5-10(8(17)6-7)20-11-3-1-2-9(18)12(11)14(21)13(19-20)15(22)23/h1-6H,(H,22,23). The Hall–Kier alpha value is -2.44. The lowest BCUT2D eigenvalue weighted by molar-refractivity contribution is 0.0687. The molecule has 0 saturated carbocycles. The first-order valence-corrected chi connectivity index (χ1v) is 7.06. The maximum Gasteiger partial charge on any atom is 0.360 e. The van der Waals surface area contributed by atoms with Crippen molar-refractivity contribution in [3.05, 3.63) is 68.2 Å². The molecule has 0 aliphatic carbocycles. The van der Waals surface area contributed by atoms with Crippen molar-refractivity contribution in [3.8, 4) is 5.69 Å². The van der Waals surface area contributed by atoms with Gasteiger partial charge >= 0.3 is 5.97 Å². The predicted molar refractivity (Wildman–Crippen MR) is 84.3 cm³/mol. The fourth-order valence-corrected chi connectivity index (χ4v) is 2.70. The Kier molecular flexibility index (Phi) is 3.79. The van der Waals surface area contributed by atoms with Gasteiger partial charge in [0.25, 0.3) is 0 Å². The monoisotopic (exact) mass is 352 g/mol. The van der Waals surface area contributed by atoms with Crippen molar-refractivity contribution in [2.75, 3.05) is 0 Å². The van der Waals surface area contributed by atoms with Crippen LogP contribution in [0.3, 0.4) is 0 Å². The molecule has 3 aromatic rings. The van der Waals surface area contributed by atoms with Gasteiger partial charge in [0, 0.05) is 5.02 Å². The van der Waals surface area contributed by atoms with E-state index in [9.17, 15) is 14.0 Å². The van der Waals surface area contributed by atoms with E-state index in [2.05, 4.69) is 5.10 Å². The van der Waals surface area contributed by atoms with E-state index in [1.807, 2.05) is 0 Å². The molecule has 2 aromatic carbocycles. The van der Waals surface area contributed by atoms with Crippen LogP contribution in [-0.4, -0.2) is 20.9 Å². The van der Waals surface area contributed by atoms with Crippen molar-refractivity contribution in [1.82, 2.24) is 9.78 Å². The Labute approximate surface area is 138 Å². The van der Waals surface area contributed by atoms with Gasteiger partial charge in [0.2, 0.25) is 11.1 Å². The summed E-state index contributed by atoms with van der Waals surface area (Å²) in [4.78, 5) is 23.4. The summed E-state index contributed by atoms with van der Waals surface area (Å²) in [6.45, 7) is 0. The van der Waals surface area contributed by atoms with Crippen molar-refractivity contribution in [1.29, 1.82) is 0 Å². The number of carboxylic acid groups (broad SMARTS) is 1. The van der Waals surface area contributed by atoms with Crippen LogP contribution in [0.2, 0.25) is 10.0 Å². The molecular formula is C15H7Cl2FN2O3. The van der Waals surface area contributed by atoms with Gasteiger partial charge in [-0.3, -0.25) is 4.79 Å². The van der Waals surface area contributed by atoms with Crippen LogP contribution < -0.4 is 5.43 Å². The first-order valence-electron chi connectivity index (χ1n) is 6.30. The number of rotatable bonds is 2. The van der Waals surface area contributed by atoms with Crippen molar-refractivity contribution in [3.63, 3.8) is 0 Å². The van der Waals surface area contributed by atoms with Crippen LogP contribution in [0.15, 0.2) is 41.2 Å². The topological polar surface area (TPSA) is 72.2 Å². The highest BCUT2D eigenvalue weighted by molar-refractivity contribution is 6.35. The van der Waals surface area contributed by atoms with Gasteiger partial charge < -0.3 is 5.11 Å². The molecule has 0 fully saturated rings. The summed E-state index contributed by atoms with van der Waals surface area (Å²) in [5.41, 5.74) is -1.42. The number of aromatic nitrogens is 2. The molecule has 1 N–H and O–H groups in total. The molecule has 0 aliphatic heterocycles. The van der Waals surface area contributed by atoms with E-state index in [1.165, 1.54) is 30.3 Å². The molecular weight excluding hydrogens is 346 g/mol. The summed E-state index contributed by atoms with van der Waals surface area (Å²) in [5.74, 6) is -2.39. The summed E-state index contributed by atoms with van der Waals surface area (Å²) in [6, 6.07) is 8.36. The summed E-state index contributed by atoms with van der Waals surface area (Å²) >= 11 is 11.9. The number of benzene rings is 2. The lowest BCUT2D eigenvalue weighted by atomic mass is 10.1. The molecule has 0 saturated heterocycles. The zero-order chi connectivity index (χ0) is 16.7. The third-order valence-electron chi connectivity index (χ3n) is 3.20. The van der Waals surface area contributed by atoms with Gasteiger partial charge in [-0.1, -0.05) is 29.3 Å². The molecule has 0 radical (unpaired) electrons. The Morgan fingerprint density at radius 2 is 1.96 bits per heavy atom. The van der Waals surface area contributed by atoms with Crippen LogP contribution in [0.25, 0.3) is 16.6 Å². The quantitative estimate of drug-likeness (QED) is 0.765. The first kappa shape index (κ1) is 15.5. The van der Waals surface area contributed by atoms with Gasteiger partial charge in [0.15, 0.2) is 0 Å². The molecule has 0 aliphatic rings. The van der Waals surface area contributed by atoms with Crippen molar-refractivity contribution < 1.29 is 14.3 Å². The van der Waals surface area contributed by atoms with Gasteiger partial charge in [0.05, 0.1) is 21.6 Å². The van der Waals surface area contributed by atoms with Crippen LogP contribution in [0.5, 0.6) is 0 Å². The predicted octanol–water partition coefficient (Wildman–Crippen LogP) is 3.53. The number of carbonyl (C=O) groups is 1. The molecule has 1 heterocycles. The number of halogens is 3. The lowest BCUT2D eigenvalue weighted by Crippen LogP contribution is -2.23. The van der Waals surface area contributed by atoms with Gasteiger partial charge in [-0.2, -0.15) is 5.10 Å². The maximum absolute atomic E-state index is 14.1. The molecule has 0 amide bonds. The molecule has 0 unspecified atom stereocenters. The fraction of sp³-hybridized carbons (Fsp3) is 0. The van der Waals surface area contributed by atoms with Crippen LogP contribution in [0.1, 0.15) is 10.5 Å². The number of carboxylic acids is 1. The summed E-state index contributed by atoms with van der Waals surface area (Å²) in [5, 5.41) is 13.1. The van der Waals surface area contributed by atoms with Gasteiger partial charge in [-0.15, -0.1) is 0 Å². The number of fused-ring (bicyclic) bond motifs is 1. The highest BCUT2D eigenvalue weighted by atomic mass is 35.5. The minimum absolute atomic E-state index is 0.101. The Balaban J connectivity index is 2.50. The molecule has 23 heavy (non-hydrogen) atoms. The largest absolute Gasteiger partial charge is 0.476 e. The third-order valence-corrected chi connectivity index (χ3v) is 3.74. The van der Waals surface area contributed by atoms with E-state index < -0.39 is 22.9 Å². The zero-order valence-corrected chi connectivity index (χ0v) is 12.8. The highest BCUT2D eigenvalue weighted by Gasteiger charge is 2.20. The summed E-state index contributed by atoms with van der Waals surface area (Å²) < 4.78 is 15.2. The number of hydrogen-bond acceptors (Lipinski definition) is 3. The smallest absolute Gasteiger partial charge is 0.360 e. The normalized spacial score (nSPS) is 10.9. The Bertz CT molecular complexity index is 1020. The molecule has 0 spiro atoms. The average molecular weight is 353 g/mol. The minimum Gasteiger partial charge on any atom is -0.476 e. The first-order chi connectivity index (χ1) is 10.9. The van der Waals surface area contributed by atoms with E-state index in [0.717, 1.165) is 10.7 Å². The molecule has 0 atom stereocenters. The third kappa shape index (κ3) is 2.56. The van der Waals surface area contributed by atoms with Gasteiger partial charge in [-0.05, 0) is 30.3 Å².